The van der Waals surface area contributed by atoms with E-state index >= 15 is 0 Å². The zero-order valence-electron chi connectivity index (χ0n) is 8.93. The zero-order chi connectivity index (χ0) is 11.1. The number of hydrogen-bond acceptors (Lipinski definition) is 2. The number of carbonyl (C=O) groups is 2. The highest BCUT2D eigenvalue weighted by atomic mass is 16.2. The van der Waals surface area contributed by atoms with E-state index in [0.29, 0.717) is 13.0 Å². The first-order valence-electron chi connectivity index (χ1n) is 5.63. The molecule has 3 heteroatoms. The molecule has 1 aliphatic heterocycles. The summed E-state index contributed by atoms with van der Waals surface area (Å²) in [5.41, 5.74) is 1.09. The molecule has 2 bridgehead atoms. The monoisotopic (exact) mass is 215 g/mol. The Morgan fingerprint density at radius 1 is 1.19 bits per heavy atom. The highest BCUT2D eigenvalue weighted by Crippen LogP contribution is 2.36. The molecule has 3 nitrogen and oxygen atoms in total. The summed E-state index contributed by atoms with van der Waals surface area (Å²) >= 11 is 0. The van der Waals surface area contributed by atoms with Gasteiger partial charge in [0.15, 0.2) is 5.78 Å². The van der Waals surface area contributed by atoms with Crippen molar-refractivity contribution in [1.29, 1.82) is 0 Å². The first kappa shape index (κ1) is 9.58. The number of amides is 1. The van der Waals surface area contributed by atoms with Crippen LogP contribution in [0.4, 0.5) is 0 Å². The van der Waals surface area contributed by atoms with Gasteiger partial charge in [-0.2, -0.15) is 0 Å². The predicted octanol–water partition coefficient (Wildman–Crippen LogP) is 1.38. The fourth-order valence-corrected chi connectivity index (χ4v) is 2.71. The van der Waals surface area contributed by atoms with E-state index in [1.54, 1.807) is 4.90 Å². The summed E-state index contributed by atoms with van der Waals surface area (Å²) in [4.78, 5) is 25.2. The first-order chi connectivity index (χ1) is 7.75. The van der Waals surface area contributed by atoms with Crippen LogP contribution in [-0.4, -0.2) is 22.6 Å². The summed E-state index contributed by atoms with van der Waals surface area (Å²) in [6, 6.07) is 9.70. The lowest BCUT2D eigenvalue weighted by atomic mass is 10.1. The minimum absolute atomic E-state index is 0.0267. The van der Waals surface area contributed by atoms with E-state index in [9.17, 15) is 9.59 Å². The van der Waals surface area contributed by atoms with Gasteiger partial charge in [0.1, 0.15) is 0 Å². The number of rotatable bonds is 2. The molecule has 1 aromatic carbocycles. The third kappa shape index (κ3) is 1.35. The molecule has 2 fully saturated rings. The van der Waals surface area contributed by atoms with E-state index in [4.69, 9.17) is 0 Å². The fourth-order valence-electron chi connectivity index (χ4n) is 2.71. The summed E-state index contributed by atoms with van der Waals surface area (Å²) in [6.07, 6.45) is 1.21. The minimum Gasteiger partial charge on any atom is -0.328 e. The number of carbonyl (C=O) groups excluding carboxylic acids is 2. The van der Waals surface area contributed by atoms with Crippen LogP contribution in [0.2, 0.25) is 0 Å². The second kappa shape index (κ2) is 3.44. The topological polar surface area (TPSA) is 37.4 Å². The summed E-state index contributed by atoms with van der Waals surface area (Å²) in [5.74, 6) is 0.371. The van der Waals surface area contributed by atoms with Crippen molar-refractivity contribution in [3.8, 4) is 0 Å². The number of fused-ring (bicyclic) bond motifs is 2. The van der Waals surface area contributed by atoms with Gasteiger partial charge >= 0.3 is 0 Å². The van der Waals surface area contributed by atoms with Crippen molar-refractivity contribution in [3.63, 3.8) is 0 Å². The summed E-state index contributed by atoms with van der Waals surface area (Å²) in [5, 5.41) is 0. The fraction of sp³-hybridized carbons (Fsp3) is 0.385. The van der Waals surface area contributed by atoms with Crippen LogP contribution in [0.3, 0.4) is 0 Å². The van der Waals surface area contributed by atoms with Crippen molar-refractivity contribution in [1.82, 2.24) is 4.90 Å². The molecule has 1 aromatic rings. The van der Waals surface area contributed by atoms with Gasteiger partial charge in [0.05, 0.1) is 6.04 Å². The lowest BCUT2D eigenvalue weighted by Crippen LogP contribution is -2.41. The average Bonchev–Trinajstić information content (AvgIpc) is 2.80. The molecular weight excluding hydrogens is 202 g/mol. The molecule has 2 atom stereocenters. The van der Waals surface area contributed by atoms with Crippen molar-refractivity contribution >= 4 is 11.7 Å². The predicted molar refractivity (Wildman–Crippen MR) is 58.5 cm³/mol. The molecule has 0 radical (unpaired) electrons. The minimum atomic E-state index is -0.141. The molecule has 1 saturated heterocycles. The second-order valence-corrected chi connectivity index (χ2v) is 4.57. The van der Waals surface area contributed by atoms with Gasteiger partial charge in [-0.3, -0.25) is 9.59 Å². The first-order valence-corrected chi connectivity index (χ1v) is 5.63. The molecule has 0 aromatic heterocycles. The molecule has 16 heavy (non-hydrogen) atoms. The quantitative estimate of drug-likeness (QED) is 0.747. The molecular formula is C13H13NO2. The van der Waals surface area contributed by atoms with Gasteiger partial charge in [-0.1, -0.05) is 30.3 Å². The van der Waals surface area contributed by atoms with Gasteiger partial charge in [0.25, 0.3) is 0 Å². The smallest absolute Gasteiger partial charge is 0.227 e. The molecule has 2 unspecified atom stereocenters. The van der Waals surface area contributed by atoms with Crippen molar-refractivity contribution in [2.75, 3.05) is 0 Å². The van der Waals surface area contributed by atoms with Crippen LogP contribution in [0.5, 0.6) is 0 Å². The number of likely N-dealkylation sites (tertiary alicyclic amines) is 1. The maximum Gasteiger partial charge on any atom is 0.227 e. The Labute approximate surface area is 94.1 Å². The van der Waals surface area contributed by atoms with E-state index in [1.807, 2.05) is 30.3 Å². The van der Waals surface area contributed by atoms with Crippen molar-refractivity contribution in [3.05, 3.63) is 35.9 Å². The number of benzene rings is 1. The summed E-state index contributed by atoms with van der Waals surface area (Å²) in [7, 11) is 0. The Morgan fingerprint density at radius 3 is 2.62 bits per heavy atom. The largest absolute Gasteiger partial charge is 0.328 e. The Kier molecular flexibility index (Phi) is 2.06. The van der Waals surface area contributed by atoms with E-state index in [-0.39, 0.29) is 23.7 Å². The molecule has 82 valence electrons. The molecule has 3 rings (SSSR count). The van der Waals surface area contributed by atoms with Gasteiger partial charge in [-0.25, -0.2) is 0 Å². The van der Waals surface area contributed by atoms with Crippen LogP contribution in [0.15, 0.2) is 30.3 Å². The normalized spacial score (nSPS) is 27.9. The maximum atomic E-state index is 11.9. The zero-order valence-corrected chi connectivity index (χ0v) is 8.93. The summed E-state index contributed by atoms with van der Waals surface area (Å²) < 4.78 is 0. The van der Waals surface area contributed by atoms with Gasteiger partial charge < -0.3 is 4.90 Å². The Balaban J connectivity index is 1.81. The molecule has 0 N–H and O–H groups in total. The molecule has 2 aliphatic rings. The van der Waals surface area contributed by atoms with Crippen molar-refractivity contribution in [2.45, 2.75) is 25.4 Å². The number of piperidine rings is 1. The Hall–Kier alpha value is -1.64. The standard InChI is InChI=1S/C13H13NO2/c15-12-7-10-6-11(12)14(13(10)16)8-9-4-2-1-3-5-9/h1-5,10-11H,6-8H2. The summed E-state index contributed by atoms with van der Waals surface area (Å²) in [6.45, 7) is 0.576. The van der Waals surface area contributed by atoms with E-state index < -0.39 is 0 Å². The van der Waals surface area contributed by atoms with E-state index in [0.717, 1.165) is 12.0 Å². The SMILES string of the molecule is O=C1CC2CC1N(Cc1ccccc1)C2=O. The highest BCUT2D eigenvalue weighted by Gasteiger charge is 2.49. The number of hydrogen-bond donors (Lipinski definition) is 0. The highest BCUT2D eigenvalue weighted by molar-refractivity contribution is 6.00. The average molecular weight is 215 g/mol. The van der Waals surface area contributed by atoms with Crippen LogP contribution in [0.25, 0.3) is 0 Å². The third-order valence-electron chi connectivity index (χ3n) is 3.53. The van der Waals surface area contributed by atoms with E-state index in [2.05, 4.69) is 0 Å². The van der Waals surface area contributed by atoms with Crippen LogP contribution >= 0.6 is 0 Å². The second-order valence-electron chi connectivity index (χ2n) is 4.57. The van der Waals surface area contributed by atoms with Crippen LogP contribution < -0.4 is 0 Å². The molecule has 0 spiro atoms. The van der Waals surface area contributed by atoms with Gasteiger partial charge in [-0.05, 0) is 12.0 Å². The molecule has 1 aliphatic carbocycles. The number of Topliss-reactive ketones (excluding diaryl/α,β-unsaturated/α-hetero) is 1. The number of nitrogens with zero attached hydrogens (tertiary/aromatic N) is 1. The van der Waals surface area contributed by atoms with Gasteiger partial charge in [0, 0.05) is 18.9 Å². The van der Waals surface area contributed by atoms with Crippen LogP contribution in [0, 0.1) is 5.92 Å². The van der Waals surface area contributed by atoms with E-state index in [1.165, 1.54) is 0 Å². The lowest BCUT2D eigenvalue weighted by molar-refractivity contribution is -0.141. The maximum absolute atomic E-state index is 11.9. The lowest BCUT2D eigenvalue weighted by Gasteiger charge is -2.26. The number of ketones is 1. The van der Waals surface area contributed by atoms with Gasteiger partial charge in [0.2, 0.25) is 5.91 Å². The molecule has 1 saturated carbocycles. The Bertz CT molecular complexity index is 441. The van der Waals surface area contributed by atoms with Crippen LogP contribution in [-0.2, 0) is 16.1 Å². The molecule has 1 amide bonds. The van der Waals surface area contributed by atoms with Crippen LogP contribution in [0.1, 0.15) is 18.4 Å². The Morgan fingerprint density at radius 2 is 1.94 bits per heavy atom. The van der Waals surface area contributed by atoms with Crippen molar-refractivity contribution < 1.29 is 9.59 Å². The molecule has 1 heterocycles. The third-order valence-corrected chi connectivity index (χ3v) is 3.53. The van der Waals surface area contributed by atoms with Gasteiger partial charge in [-0.15, -0.1) is 0 Å². The van der Waals surface area contributed by atoms with Crippen molar-refractivity contribution in [2.24, 2.45) is 5.92 Å².